The lowest BCUT2D eigenvalue weighted by molar-refractivity contribution is 0.113. The third-order valence-corrected chi connectivity index (χ3v) is 6.50. The van der Waals surface area contributed by atoms with E-state index in [4.69, 9.17) is 11.6 Å². The number of hydrogen-bond donors (Lipinski definition) is 1. The molecule has 1 saturated heterocycles. The van der Waals surface area contributed by atoms with E-state index in [9.17, 15) is 5.11 Å². The summed E-state index contributed by atoms with van der Waals surface area (Å²) in [4.78, 5) is 11.0. The Morgan fingerprint density at radius 1 is 1.22 bits per heavy atom. The summed E-state index contributed by atoms with van der Waals surface area (Å²) in [5.41, 5.74) is 1.09. The van der Waals surface area contributed by atoms with Gasteiger partial charge in [-0.3, -0.25) is 4.90 Å². The molecule has 144 valence electrons. The van der Waals surface area contributed by atoms with Gasteiger partial charge in [0.15, 0.2) is 5.82 Å². The summed E-state index contributed by atoms with van der Waals surface area (Å²) in [6, 6.07) is 7.87. The number of benzene rings is 1. The molecular formula is C19H24ClN5OS. The molecule has 1 aliphatic heterocycles. The highest BCUT2D eigenvalue weighted by Crippen LogP contribution is 2.40. The molecule has 1 aromatic carbocycles. The largest absolute Gasteiger partial charge is 0.492 e. The van der Waals surface area contributed by atoms with E-state index in [-0.39, 0.29) is 11.9 Å². The second-order valence-electron chi connectivity index (χ2n) is 6.79. The zero-order chi connectivity index (χ0) is 19.0. The van der Waals surface area contributed by atoms with E-state index in [1.807, 2.05) is 25.1 Å². The average Bonchev–Trinajstić information content (AvgIpc) is 3.22. The van der Waals surface area contributed by atoms with Crippen molar-refractivity contribution >= 4 is 27.9 Å². The van der Waals surface area contributed by atoms with Crippen molar-refractivity contribution < 1.29 is 5.11 Å². The molecule has 3 aromatic rings. The van der Waals surface area contributed by atoms with Gasteiger partial charge in [-0.15, -0.1) is 5.10 Å². The SMILES string of the molecule is CCc1nc2sc([C@@H](c3cccc(Cl)c3)N3CCN(CC)CC3)c(O)n2n1. The van der Waals surface area contributed by atoms with Gasteiger partial charge in [-0.05, 0) is 24.2 Å². The van der Waals surface area contributed by atoms with Gasteiger partial charge in [-0.25, -0.2) is 4.98 Å². The number of fused-ring (bicyclic) bond motifs is 1. The summed E-state index contributed by atoms with van der Waals surface area (Å²) < 4.78 is 1.57. The Morgan fingerprint density at radius 2 is 2.00 bits per heavy atom. The van der Waals surface area contributed by atoms with Crippen molar-refractivity contribution in [2.24, 2.45) is 0 Å². The van der Waals surface area contributed by atoms with Crippen molar-refractivity contribution in [3.8, 4) is 5.88 Å². The monoisotopic (exact) mass is 405 g/mol. The lowest BCUT2D eigenvalue weighted by Crippen LogP contribution is -2.47. The number of halogens is 1. The number of nitrogens with zero attached hydrogens (tertiary/aromatic N) is 5. The molecule has 0 unspecified atom stereocenters. The van der Waals surface area contributed by atoms with Crippen LogP contribution in [0.25, 0.3) is 4.96 Å². The van der Waals surface area contributed by atoms with Crippen LogP contribution in [-0.4, -0.2) is 62.2 Å². The maximum Gasteiger partial charge on any atom is 0.230 e. The van der Waals surface area contributed by atoms with Gasteiger partial charge >= 0.3 is 0 Å². The average molecular weight is 406 g/mol. The Labute approximate surface area is 168 Å². The third kappa shape index (κ3) is 3.57. The smallest absolute Gasteiger partial charge is 0.230 e. The highest BCUT2D eigenvalue weighted by Gasteiger charge is 2.31. The molecule has 0 saturated carbocycles. The molecule has 27 heavy (non-hydrogen) atoms. The summed E-state index contributed by atoms with van der Waals surface area (Å²) in [6.07, 6.45) is 0.750. The van der Waals surface area contributed by atoms with E-state index in [1.165, 1.54) is 11.3 Å². The molecule has 4 rings (SSSR count). The second-order valence-corrected chi connectivity index (χ2v) is 8.24. The van der Waals surface area contributed by atoms with Crippen LogP contribution in [0, 0.1) is 0 Å². The lowest BCUT2D eigenvalue weighted by atomic mass is 10.0. The molecule has 1 atom stereocenters. The summed E-state index contributed by atoms with van der Waals surface area (Å²) in [5, 5.41) is 16.1. The molecule has 6 nitrogen and oxygen atoms in total. The van der Waals surface area contributed by atoms with Crippen LogP contribution < -0.4 is 0 Å². The number of aromatic nitrogens is 3. The van der Waals surface area contributed by atoms with Gasteiger partial charge in [-0.1, -0.05) is 48.9 Å². The Kier molecular flexibility index (Phi) is 5.36. The first-order chi connectivity index (χ1) is 13.1. The summed E-state index contributed by atoms with van der Waals surface area (Å²) in [7, 11) is 0. The number of aryl methyl sites for hydroxylation is 1. The third-order valence-electron chi connectivity index (χ3n) is 5.19. The van der Waals surface area contributed by atoms with Crippen molar-refractivity contribution in [3.05, 3.63) is 45.6 Å². The minimum absolute atomic E-state index is 0.0544. The fraction of sp³-hybridized carbons (Fsp3) is 0.474. The van der Waals surface area contributed by atoms with E-state index in [1.54, 1.807) is 4.52 Å². The first kappa shape index (κ1) is 18.7. The van der Waals surface area contributed by atoms with Gasteiger partial charge < -0.3 is 10.0 Å². The molecule has 0 amide bonds. The van der Waals surface area contributed by atoms with Crippen LogP contribution >= 0.6 is 22.9 Å². The number of piperazine rings is 1. The minimum Gasteiger partial charge on any atom is -0.492 e. The fourth-order valence-corrected chi connectivity index (χ4v) is 5.00. The van der Waals surface area contributed by atoms with Crippen molar-refractivity contribution in [1.29, 1.82) is 0 Å². The van der Waals surface area contributed by atoms with Crippen LogP contribution in [0.15, 0.2) is 24.3 Å². The molecule has 0 radical (unpaired) electrons. The first-order valence-corrected chi connectivity index (χ1v) is 10.6. The summed E-state index contributed by atoms with van der Waals surface area (Å²) in [6.45, 7) is 9.21. The summed E-state index contributed by atoms with van der Waals surface area (Å²) in [5.74, 6) is 0.934. The first-order valence-electron chi connectivity index (χ1n) is 9.39. The van der Waals surface area contributed by atoms with E-state index >= 15 is 0 Å². The van der Waals surface area contributed by atoms with Crippen LogP contribution in [0.2, 0.25) is 5.02 Å². The molecule has 1 N–H and O–H groups in total. The topological polar surface area (TPSA) is 56.9 Å². The van der Waals surface area contributed by atoms with Gasteiger partial charge in [0, 0.05) is 37.6 Å². The molecule has 8 heteroatoms. The molecule has 0 spiro atoms. The van der Waals surface area contributed by atoms with Gasteiger partial charge in [-0.2, -0.15) is 4.52 Å². The number of hydrogen-bond acceptors (Lipinski definition) is 6. The van der Waals surface area contributed by atoms with E-state index < -0.39 is 0 Å². The number of rotatable bonds is 5. The predicted molar refractivity (Wildman–Crippen MR) is 109 cm³/mol. The highest BCUT2D eigenvalue weighted by molar-refractivity contribution is 7.17. The molecule has 1 fully saturated rings. The van der Waals surface area contributed by atoms with Crippen LogP contribution in [-0.2, 0) is 6.42 Å². The zero-order valence-electron chi connectivity index (χ0n) is 15.6. The normalized spacial score (nSPS) is 17.6. The molecule has 0 bridgehead atoms. The van der Waals surface area contributed by atoms with Crippen LogP contribution in [0.3, 0.4) is 0 Å². The lowest BCUT2D eigenvalue weighted by Gasteiger charge is -2.38. The minimum atomic E-state index is -0.0544. The van der Waals surface area contributed by atoms with Crippen molar-refractivity contribution in [2.45, 2.75) is 26.3 Å². The fourth-order valence-electron chi connectivity index (χ4n) is 3.66. The Balaban J connectivity index is 1.76. The number of aromatic hydroxyl groups is 1. The maximum absolute atomic E-state index is 10.9. The standard InChI is InChI=1S/C19H24ClN5OS/c1-3-15-21-19-25(22-15)18(26)17(27-19)16(13-6-5-7-14(20)12-13)24-10-8-23(4-2)9-11-24/h5-7,12,16,26H,3-4,8-11H2,1-2H3/t16-/m1/s1. The predicted octanol–water partition coefficient (Wildman–Crippen LogP) is 3.44. The van der Waals surface area contributed by atoms with E-state index in [0.717, 1.165) is 60.4 Å². The van der Waals surface area contributed by atoms with Crippen LogP contribution in [0.4, 0.5) is 0 Å². The van der Waals surface area contributed by atoms with Crippen molar-refractivity contribution in [1.82, 2.24) is 24.4 Å². The molecular weight excluding hydrogens is 382 g/mol. The number of likely N-dealkylation sites (N-methyl/N-ethyl adjacent to an activating group) is 1. The zero-order valence-corrected chi connectivity index (χ0v) is 17.2. The second kappa shape index (κ2) is 7.75. The number of thiazole rings is 1. The van der Waals surface area contributed by atoms with Crippen molar-refractivity contribution in [2.75, 3.05) is 32.7 Å². The highest BCUT2D eigenvalue weighted by atomic mass is 35.5. The Hall–Kier alpha value is -1.67. The Morgan fingerprint density at radius 3 is 2.63 bits per heavy atom. The molecule has 0 aliphatic carbocycles. The quantitative estimate of drug-likeness (QED) is 0.704. The Bertz CT molecular complexity index is 931. The van der Waals surface area contributed by atoms with Gasteiger partial charge in [0.2, 0.25) is 10.8 Å². The molecule has 2 aromatic heterocycles. The van der Waals surface area contributed by atoms with E-state index in [2.05, 4.69) is 32.9 Å². The molecule has 3 heterocycles. The van der Waals surface area contributed by atoms with Gasteiger partial charge in [0.1, 0.15) is 0 Å². The van der Waals surface area contributed by atoms with Gasteiger partial charge in [0.25, 0.3) is 0 Å². The van der Waals surface area contributed by atoms with E-state index in [0.29, 0.717) is 5.02 Å². The van der Waals surface area contributed by atoms with Crippen molar-refractivity contribution in [3.63, 3.8) is 0 Å². The van der Waals surface area contributed by atoms with Crippen LogP contribution in [0.5, 0.6) is 5.88 Å². The summed E-state index contributed by atoms with van der Waals surface area (Å²) >= 11 is 7.79. The van der Waals surface area contributed by atoms with Gasteiger partial charge in [0.05, 0.1) is 10.9 Å². The van der Waals surface area contributed by atoms with Crippen LogP contribution in [0.1, 0.15) is 36.2 Å². The maximum atomic E-state index is 10.9. The molecule has 1 aliphatic rings.